The van der Waals surface area contributed by atoms with Crippen molar-refractivity contribution < 1.29 is 5.11 Å². The van der Waals surface area contributed by atoms with Crippen LogP contribution in [0.5, 0.6) is 0 Å². The molecule has 0 fully saturated rings. The van der Waals surface area contributed by atoms with Crippen molar-refractivity contribution in [2.45, 2.75) is 26.0 Å². The van der Waals surface area contributed by atoms with Gasteiger partial charge >= 0.3 is 0 Å². The molecule has 1 radical (unpaired) electrons. The largest absolute Gasteiger partial charge is 0.391 e. The Bertz CT molecular complexity index is 53.5. The van der Waals surface area contributed by atoms with Crippen molar-refractivity contribution in [3.63, 3.8) is 0 Å². The van der Waals surface area contributed by atoms with E-state index in [1.165, 1.54) is 0 Å². The maximum absolute atomic E-state index is 9.02. The monoisotopic (exact) mass is 116 g/mol. The molecule has 2 heteroatoms. The van der Waals surface area contributed by atoms with Gasteiger partial charge in [0.2, 0.25) is 0 Å². The van der Waals surface area contributed by atoms with Crippen molar-refractivity contribution in [2.75, 3.05) is 0 Å². The molecular weight excluding hydrogens is 102 g/mol. The lowest BCUT2D eigenvalue weighted by Crippen LogP contribution is -2.35. The van der Waals surface area contributed by atoms with Crippen LogP contribution in [0.3, 0.4) is 0 Å². The molecule has 0 aliphatic heterocycles. The van der Waals surface area contributed by atoms with Gasteiger partial charge < -0.3 is 10.8 Å². The average Bonchev–Trinajstić information content (AvgIpc) is 1.64. The van der Waals surface area contributed by atoms with E-state index in [2.05, 4.69) is 6.92 Å². The molecule has 0 saturated carbocycles. The van der Waals surface area contributed by atoms with Crippen molar-refractivity contribution >= 4 is 0 Å². The van der Waals surface area contributed by atoms with Gasteiger partial charge in [-0.3, -0.25) is 0 Å². The fourth-order valence-electron chi connectivity index (χ4n) is 0.494. The van der Waals surface area contributed by atoms with Crippen molar-refractivity contribution in [1.82, 2.24) is 0 Å². The van der Waals surface area contributed by atoms with Crippen LogP contribution in [0.4, 0.5) is 0 Å². The van der Waals surface area contributed by atoms with Crippen LogP contribution >= 0.6 is 0 Å². The molecule has 2 unspecified atom stereocenters. The van der Waals surface area contributed by atoms with Crippen LogP contribution < -0.4 is 5.73 Å². The minimum absolute atomic E-state index is 0.211. The first-order valence-corrected chi connectivity index (χ1v) is 2.82. The van der Waals surface area contributed by atoms with Gasteiger partial charge in [0, 0.05) is 6.04 Å². The Labute approximate surface area is 50.7 Å². The van der Waals surface area contributed by atoms with Crippen molar-refractivity contribution in [3.8, 4) is 0 Å². The molecule has 0 bridgehead atoms. The second kappa shape index (κ2) is 3.05. The number of aliphatic hydroxyl groups excluding tert-OH is 1. The number of hydrogen-bond acceptors (Lipinski definition) is 2. The molecule has 0 aliphatic carbocycles. The highest BCUT2D eigenvalue weighted by Crippen LogP contribution is 2.02. The van der Waals surface area contributed by atoms with E-state index in [0.717, 1.165) is 0 Å². The first-order valence-electron chi connectivity index (χ1n) is 2.82. The van der Waals surface area contributed by atoms with E-state index in [1.54, 1.807) is 0 Å². The molecule has 2 atom stereocenters. The predicted molar refractivity (Wildman–Crippen MR) is 34.2 cm³/mol. The van der Waals surface area contributed by atoms with E-state index in [4.69, 9.17) is 10.8 Å². The molecule has 0 aromatic heterocycles. The Hall–Kier alpha value is -0.0800. The lowest BCUT2D eigenvalue weighted by Gasteiger charge is -2.17. The van der Waals surface area contributed by atoms with Crippen LogP contribution in [0, 0.1) is 12.8 Å². The average molecular weight is 116 g/mol. The van der Waals surface area contributed by atoms with Crippen LogP contribution in [0.25, 0.3) is 0 Å². The summed E-state index contributed by atoms with van der Waals surface area (Å²) in [6.07, 6.45) is -0.463. The summed E-state index contributed by atoms with van der Waals surface area (Å²) in [4.78, 5) is 0. The summed E-state index contributed by atoms with van der Waals surface area (Å²) < 4.78 is 0. The summed E-state index contributed by atoms with van der Waals surface area (Å²) in [6.45, 7) is 7.31. The van der Waals surface area contributed by atoms with E-state index in [-0.39, 0.29) is 12.0 Å². The van der Waals surface area contributed by atoms with Crippen LogP contribution in [-0.2, 0) is 0 Å². The van der Waals surface area contributed by atoms with Gasteiger partial charge in [-0.15, -0.1) is 0 Å². The molecule has 0 spiro atoms. The number of nitrogens with two attached hydrogens (primary N) is 1. The molecule has 0 heterocycles. The third-order valence-electron chi connectivity index (χ3n) is 1.12. The quantitative estimate of drug-likeness (QED) is 0.540. The smallest absolute Gasteiger partial charge is 0.0713 e. The zero-order valence-corrected chi connectivity index (χ0v) is 5.46. The Balaban J connectivity index is 3.46. The van der Waals surface area contributed by atoms with Crippen LogP contribution in [0.1, 0.15) is 13.8 Å². The highest BCUT2D eigenvalue weighted by Gasteiger charge is 2.12. The van der Waals surface area contributed by atoms with Gasteiger partial charge in [-0.05, 0) is 12.8 Å². The fourth-order valence-corrected chi connectivity index (χ4v) is 0.494. The van der Waals surface area contributed by atoms with E-state index in [0.29, 0.717) is 0 Å². The first-order chi connectivity index (χ1) is 3.55. The molecule has 0 amide bonds. The maximum atomic E-state index is 9.02. The third-order valence-corrected chi connectivity index (χ3v) is 1.12. The third kappa shape index (κ3) is 2.28. The summed E-state index contributed by atoms with van der Waals surface area (Å²) in [6, 6.07) is -0.352. The van der Waals surface area contributed by atoms with Gasteiger partial charge in [-0.2, -0.15) is 0 Å². The van der Waals surface area contributed by atoms with Gasteiger partial charge in [-0.25, -0.2) is 0 Å². The van der Waals surface area contributed by atoms with Crippen molar-refractivity contribution in [1.29, 1.82) is 0 Å². The molecular formula is C6H14NO. The Morgan fingerprint density at radius 3 is 1.88 bits per heavy atom. The second-order valence-corrected chi connectivity index (χ2v) is 2.40. The van der Waals surface area contributed by atoms with Crippen molar-refractivity contribution in [2.24, 2.45) is 11.7 Å². The molecule has 0 aliphatic rings. The molecule has 49 valence electrons. The Morgan fingerprint density at radius 2 is 1.88 bits per heavy atom. The summed E-state index contributed by atoms with van der Waals surface area (Å²) >= 11 is 0. The number of aliphatic hydroxyl groups is 1. The lowest BCUT2D eigenvalue weighted by atomic mass is 10.0. The normalized spacial score (nSPS) is 18.8. The highest BCUT2D eigenvalue weighted by molar-refractivity contribution is 4.75. The number of hydrogen-bond donors (Lipinski definition) is 2. The van der Waals surface area contributed by atoms with Gasteiger partial charge in [0.15, 0.2) is 0 Å². The maximum Gasteiger partial charge on any atom is 0.0713 e. The van der Waals surface area contributed by atoms with Crippen LogP contribution in [-0.4, -0.2) is 17.3 Å². The summed E-state index contributed by atoms with van der Waals surface area (Å²) in [5.41, 5.74) is 5.28. The summed E-state index contributed by atoms with van der Waals surface area (Å²) in [7, 11) is 0. The predicted octanol–water partition coefficient (Wildman–Crippen LogP) is 0.165. The minimum atomic E-state index is -0.463. The van der Waals surface area contributed by atoms with Crippen LogP contribution in [0.2, 0.25) is 0 Å². The molecule has 0 saturated heterocycles. The molecule has 0 aromatic rings. The lowest BCUT2D eigenvalue weighted by molar-refractivity contribution is 0.112. The van der Waals surface area contributed by atoms with Gasteiger partial charge in [0.1, 0.15) is 0 Å². The summed E-state index contributed by atoms with van der Waals surface area (Å²) in [5.74, 6) is 0.211. The first kappa shape index (κ1) is 7.92. The van der Waals surface area contributed by atoms with E-state index < -0.39 is 6.10 Å². The topological polar surface area (TPSA) is 46.2 Å². The van der Waals surface area contributed by atoms with Gasteiger partial charge in [0.25, 0.3) is 0 Å². The van der Waals surface area contributed by atoms with E-state index >= 15 is 0 Å². The minimum Gasteiger partial charge on any atom is -0.391 e. The Kier molecular flexibility index (Phi) is 3.02. The summed E-state index contributed by atoms with van der Waals surface area (Å²) in [5, 5.41) is 9.02. The van der Waals surface area contributed by atoms with E-state index in [9.17, 15) is 0 Å². The molecule has 3 N–H and O–H groups in total. The molecule has 2 nitrogen and oxygen atoms in total. The SMILES string of the molecule is [CH2]C(N)C(O)C(C)C. The van der Waals surface area contributed by atoms with Gasteiger partial charge in [0.05, 0.1) is 6.10 Å². The second-order valence-electron chi connectivity index (χ2n) is 2.40. The molecule has 8 heavy (non-hydrogen) atoms. The Morgan fingerprint density at radius 1 is 1.50 bits per heavy atom. The molecule has 0 aromatic carbocycles. The van der Waals surface area contributed by atoms with E-state index in [1.807, 2.05) is 13.8 Å². The standard InChI is InChI=1S/C6H14NO/c1-4(2)6(8)5(3)7/h4-6,8H,3,7H2,1-2H3. The molecule has 0 rings (SSSR count). The van der Waals surface area contributed by atoms with Gasteiger partial charge in [-0.1, -0.05) is 13.8 Å². The van der Waals surface area contributed by atoms with Crippen molar-refractivity contribution in [3.05, 3.63) is 6.92 Å². The fraction of sp³-hybridized carbons (Fsp3) is 0.833. The van der Waals surface area contributed by atoms with Crippen LogP contribution in [0.15, 0.2) is 0 Å². The highest BCUT2D eigenvalue weighted by atomic mass is 16.3. The zero-order valence-electron chi connectivity index (χ0n) is 5.46. The number of rotatable bonds is 2. The zero-order chi connectivity index (χ0) is 6.73.